The first-order chi connectivity index (χ1) is 8.69. The maximum absolute atomic E-state index is 12.0. The Morgan fingerprint density at radius 2 is 2.17 bits per heavy atom. The van der Waals surface area contributed by atoms with Gasteiger partial charge in [-0.25, -0.2) is 0 Å². The zero-order valence-electron chi connectivity index (χ0n) is 11.1. The molecule has 4 heteroatoms. The first-order valence-electron chi connectivity index (χ1n) is 6.61. The highest BCUT2D eigenvalue weighted by Crippen LogP contribution is 2.20. The molecule has 0 spiro atoms. The molecule has 1 atom stereocenters. The highest BCUT2D eigenvalue weighted by atomic mass is 16.1. The number of nitrogens with zero attached hydrogens (tertiary/aromatic N) is 1. The monoisotopic (exact) mass is 249 g/mol. The molecule has 0 aliphatic carbocycles. The van der Waals surface area contributed by atoms with Crippen molar-refractivity contribution < 1.29 is 4.79 Å². The van der Waals surface area contributed by atoms with Crippen LogP contribution >= 0.6 is 0 Å². The number of hydrogen-bond acceptors (Lipinski definition) is 4. The van der Waals surface area contributed by atoms with Gasteiger partial charge in [-0.15, -0.1) is 0 Å². The van der Waals surface area contributed by atoms with Crippen molar-refractivity contribution in [3.8, 4) is 0 Å². The molecule has 0 aromatic carbocycles. The molecule has 1 unspecified atom stereocenters. The number of nitrogen functional groups attached to an aromatic ring is 1. The first kappa shape index (κ1) is 14.6. The topological polar surface area (TPSA) is 82.0 Å². The summed E-state index contributed by atoms with van der Waals surface area (Å²) in [5, 5.41) is 0. The molecule has 1 aromatic rings. The van der Waals surface area contributed by atoms with Crippen LogP contribution in [0.3, 0.4) is 0 Å². The molecule has 0 aliphatic heterocycles. The smallest absolute Gasteiger partial charge is 0.166 e. The molecule has 0 fully saturated rings. The Morgan fingerprint density at radius 1 is 1.39 bits per heavy atom. The van der Waals surface area contributed by atoms with Crippen LogP contribution < -0.4 is 11.5 Å². The highest BCUT2D eigenvalue weighted by Gasteiger charge is 2.13. The van der Waals surface area contributed by atoms with Gasteiger partial charge in [-0.1, -0.05) is 19.8 Å². The average molecular weight is 249 g/mol. The molecule has 0 amide bonds. The van der Waals surface area contributed by atoms with Gasteiger partial charge >= 0.3 is 0 Å². The number of anilines is 1. The number of hydrogen-bond donors (Lipinski definition) is 2. The Bertz CT molecular complexity index is 373. The van der Waals surface area contributed by atoms with Gasteiger partial charge in [0.1, 0.15) is 0 Å². The van der Waals surface area contributed by atoms with Crippen molar-refractivity contribution in [2.45, 2.75) is 39.0 Å². The van der Waals surface area contributed by atoms with Crippen LogP contribution in [0.25, 0.3) is 0 Å². The number of ketones is 1. The Hall–Kier alpha value is -1.42. The lowest BCUT2D eigenvalue weighted by molar-refractivity contribution is 0.0972. The molecule has 100 valence electrons. The van der Waals surface area contributed by atoms with E-state index in [-0.39, 0.29) is 5.78 Å². The lowest BCUT2D eigenvalue weighted by Crippen LogP contribution is -2.11. The molecular formula is C14H23N3O. The van der Waals surface area contributed by atoms with Gasteiger partial charge in [-0.2, -0.15) is 0 Å². The lowest BCUT2D eigenvalue weighted by atomic mass is 9.92. The third-order valence-electron chi connectivity index (χ3n) is 3.21. The van der Waals surface area contributed by atoms with Crippen molar-refractivity contribution in [1.82, 2.24) is 4.98 Å². The van der Waals surface area contributed by atoms with E-state index in [4.69, 9.17) is 11.5 Å². The highest BCUT2D eigenvalue weighted by molar-refractivity contribution is 6.00. The van der Waals surface area contributed by atoms with Crippen molar-refractivity contribution in [1.29, 1.82) is 0 Å². The van der Waals surface area contributed by atoms with Gasteiger partial charge in [0, 0.05) is 24.5 Å². The van der Waals surface area contributed by atoms with Crippen LogP contribution in [0.4, 0.5) is 5.69 Å². The second-order valence-electron chi connectivity index (χ2n) is 4.66. The summed E-state index contributed by atoms with van der Waals surface area (Å²) in [7, 11) is 0. The molecular weight excluding hydrogens is 226 g/mol. The fraction of sp³-hybridized carbons (Fsp3) is 0.571. The average Bonchev–Trinajstić information content (AvgIpc) is 2.36. The van der Waals surface area contributed by atoms with Gasteiger partial charge in [-0.05, 0) is 31.4 Å². The summed E-state index contributed by atoms with van der Waals surface area (Å²) >= 11 is 0. The molecule has 1 rings (SSSR count). The molecule has 0 saturated heterocycles. The number of Topliss-reactive ketones (excluding diaryl/α,β-unsaturated/α-hetero) is 1. The van der Waals surface area contributed by atoms with Crippen LogP contribution in [-0.2, 0) is 0 Å². The van der Waals surface area contributed by atoms with E-state index < -0.39 is 0 Å². The fourth-order valence-corrected chi connectivity index (χ4v) is 2.19. The lowest BCUT2D eigenvalue weighted by Gasteiger charge is -2.14. The van der Waals surface area contributed by atoms with Crippen molar-refractivity contribution in [2.75, 3.05) is 12.3 Å². The number of carbonyl (C=O) groups excluding carboxylic acids is 1. The normalized spacial score (nSPS) is 12.3. The molecule has 4 N–H and O–H groups in total. The van der Waals surface area contributed by atoms with E-state index in [1.807, 2.05) is 0 Å². The van der Waals surface area contributed by atoms with Gasteiger partial charge in [0.2, 0.25) is 0 Å². The number of aromatic nitrogens is 1. The van der Waals surface area contributed by atoms with Gasteiger partial charge in [0.15, 0.2) is 5.78 Å². The minimum Gasteiger partial charge on any atom is -0.398 e. The van der Waals surface area contributed by atoms with E-state index in [0.29, 0.717) is 30.1 Å². The van der Waals surface area contributed by atoms with E-state index >= 15 is 0 Å². The summed E-state index contributed by atoms with van der Waals surface area (Å²) in [6.07, 6.45) is 7.82. The Morgan fingerprint density at radius 3 is 2.78 bits per heavy atom. The van der Waals surface area contributed by atoms with Gasteiger partial charge in [0.25, 0.3) is 0 Å². The third kappa shape index (κ3) is 4.45. The van der Waals surface area contributed by atoms with E-state index in [2.05, 4.69) is 11.9 Å². The van der Waals surface area contributed by atoms with Crippen molar-refractivity contribution in [3.63, 3.8) is 0 Å². The molecule has 0 radical (unpaired) electrons. The minimum absolute atomic E-state index is 0.0822. The molecule has 18 heavy (non-hydrogen) atoms. The summed E-state index contributed by atoms with van der Waals surface area (Å²) in [5.41, 5.74) is 12.4. The number of nitrogens with two attached hydrogens (primary N) is 2. The Kier molecular flexibility index (Phi) is 6.36. The van der Waals surface area contributed by atoms with E-state index in [1.165, 1.54) is 0 Å². The number of pyridine rings is 1. The minimum atomic E-state index is 0.0822. The molecule has 1 aromatic heterocycles. The quantitative estimate of drug-likeness (QED) is 0.693. The molecule has 1 heterocycles. The molecule has 0 saturated carbocycles. The summed E-state index contributed by atoms with van der Waals surface area (Å²) in [4.78, 5) is 16.0. The van der Waals surface area contributed by atoms with Crippen molar-refractivity contribution >= 4 is 11.5 Å². The summed E-state index contributed by atoms with van der Waals surface area (Å²) in [5.74, 6) is 0.626. The fourth-order valence-electron chi connectivity index (χ4n) is 2.19. The van der Waals surface area contributed by atoms with Crippen molar-refractivity contribution in [2.24, 2.45) is 11.7 Å². The standard InChI is InChI=1S/C14H23N3O/c1-2-3-11(6-8-15)4-5-14(18)12-10-17-9-7-13(12)16/h7,9-11H,2-6,8,15H2,1H3,(H2,16,17). The molecule has 0 aliphatic rings. The summed E-state index contributed by atoms with van der Waals surface area (Å²) in [6, 6.07) is 1.66. The Balaban J connectivity index is 2.52. The van der Waals surface area contributed by atoms with Gasteiger partial charge in [-0.3, -0.25) is 9.78 Å². The predicted molar refractivity (Wildman–Crippen MR) is 74.3 cm³/mol. The van der Waals surface area contributed by atoms with Gasteiger partial charge < -0.3 is 11.5 Å². The second kappa shape index (κ2) is 7.82. The largest absolute Gasteiger partial charge is 0.398 e. The van der Waals surface area contributed by atoms with Crippen LogP contribution in [0.5, 0.6) is 0 Å². The second-order valence-corrected chi connectivity index (χ2v) is 4.66. The van der Waals surface area contributed by atoms with Crippen LogP contribution in [-0.4, -0.2) is 17.3 Å². The van der Waals surface area contributed by atoms with Gasteiger partial charge in [0.05, 0.1) is 5.56 Å². The third-order valence-corrected chi connectivity index (χ3v) is 3.21. The summed E-state index contributed by atoms with van der Waals surface area (Å²) < 4.78 is 0. The maximum atomic E-state index is 12.0. The predicted octanol–water partition coefficient (Wildman–Crippen LogP) is 2.39. The molecule has 0 bridgehead atoms. The number of rotatable bonds is 8. The van der Waals surface area contributed by atoms with E-state index in [1.54, 1.807) is 18.5 Å². The zero-order valence-corrected chi connectivity index (χ0v) is 11.1. The van der Waals surface area contributed by atoms with E-state index in [0.717, 1.165) is 25.7 Å². The molecule has 4 nitrogen and oxygen atoms in total. The Labute approximate surface area is 109 Å². The van der Waals surface area contributed by atoms with Crippen LogP contribution in [0.2, 0.25) is 0 Å². The SMILES string of the molecule is CCCC(CCN)CCC(=O)c1cnccc1N. The maximum Gasteiger partial charge on any atom is 0.166 e. The van der Waals surface area contributed by atoms with E-state index in [9.17, 15) is 4.79 Å². The number of carbonyl (C=O) groups is 1. The zero-order chi connectivity index (χ0) is 13.4. The van der Waals surface area contributed by atoms with Crippen LogP contribution in [0.1, 0.15) is 49.4 Å². The van der Waals surface area contributed by atoms with Crippen LogP contribution in [0, 0.1) is 5.92 Å². The summed E-state index contributed by atoms with van der Waals surface area (Å²) in [6.45, 7) is 2.85. The van der Waals surface area contributed by atoms with Crippen LogP contribution in [0.15, 0.2) is 18.5 Å². The first-order valence-corrected chi connectivity index (χ1v) is 6.61. The van der Waals surface area contributed by atoms with Crippen molar-refractivity contribution in [3.05, 3.63) is 24.0 Å².